The van der Waals surface area contributed by atoms with Crippen molar-refractivity contribution in [3.05, 3.63) is 12.7 Å². The molecule has 0 bridgehead atoms. The van der Waals surface area contributed by atoms with Crippen molar-refractivity contribution in [2.75, 3.05) is 0 Å². The standard InChI is InChI=1S/C3H5N3.3C2H6/c1-6-3-4-2-5-6;3*1-2/h2-3H,1H3;3*1-2H3. The van der Waals surface area contributed by atoms with Gasteiger partial charge in [-0.25, -0.2) is 4.98 Å². The molecule has 0 aliphatic carbocycles. The fourth-order valence-corrected chi connectivity index (χ4v) is 0.267. The largest absolute Gasteiger partial charge is 0.256 e. The average molecular weight is 173 g/mol. The van der Waals surface area contributed by atoms with Gasteiger partial charge >= 0.3 is 0 Å². The van der Waals surface area contributed by atoms with Crippen LogP contribution in [0.5, 0.6) is 0 Å². The van der Waals surface area contributed by atoms with Crippen LogP contribution in [0, 0.1) is 0 Å². The molecular weight excluding hydrogens is 150 g/mol. The zero-order valence-electron chi connectivity index (χ0n) is 9.50. The molecule has 0 fully saturated rings. The fourth-order valence-electron chi connectivity index (χ4n) is 0.267. The van der Waals surface area contributed by atoms with E-state index in [9.17, 15) is 0 Å². The summed E-state index contributed by atoms with van der Waals surface area (Å²) in [6, 6.07) is 0. The lowest BCUT2D eigenvalue weighted by molar-refractivity contribution is 0.765. The second-order valence-electron chi connectivity index (χ2n) is 1.07. The molecule has 1 aromatic rings. The van der Waals surface area contributed by atoms with Crippen LogP contribution in [-0.4, -0.2) is 14.8 Å². The Morgan fingerprint density at radius 2 is 1.33 bits per heavy atom. The summed E-state index contributed by atoms with van der Waals surface area (Å²) in [5, 5.41) is 3.72. The Balaban J connectivity index is -0.000000117. The summed E-state index contributed by atoms with van der Waals surface area (Å²) in [5.74, 6) is 0. The molecule has 1 rings (SSSR count). The van der Waals surface area contributed by atoms with Gasteiger partial charge < -0.3 is 0 Å². The van der Waals surface area contributed by atoms with Crippen LogP contribution in [-0.2, 0) is 7.05 Å². The highest BCUT2D eigenvalue weighted by molar-refractivity contribution is 4.49. The molecule has 1 aromatic heterocycles. The summed E-state index contributed by atoms with van der Waals surface area (Å²) in [6.45, 7) is 12.0. The molecule has 0 saturated heterocycles. The van der Waals surface area contributed by atoms with E-state index in [1.54, 1.807) is 11.0 Å². The molecule has 0 amide bonds. The van der Waals surface area contributed by atoms with Gasteiger partial charge in [0.15, 0.2) is 0 Å². The number of aromatic nitrogens is 3. The second-order valence-corrected chi connectivity index (χ2v) is 1.07. The molecule has 0 spiro atoms. The summed E-state index contributed by atoms with van der Waals surface area (Å²) < 4.78 is 1.64. The van der Waals surface area contributed by atoms with Crippen molar-refractivity contribution < 1.29 is 0 Å². The van der Waals surface area contributed by atoms with E-state index in [1.807, 2.05) is 48.6 Å². The lowest BCUT2D eigenvalue weighted by Gasteiger charge is -1.74. The minimum atomic E-state index is 1.50. The number of hydrogen-bond acceptors (Lipinski definition) is 2. The topological polar surface area (TPSA) is 30.7 Å². The van der Waals surface area contributed by atoms with E-state index in [0.717, 1.165) is 0 Å². The maximum absolute atomic E-state index is 3.72. The highest BCUT2D eigenvalue weighted by Gasteiger charge is 1.70. The second kappa shape index (κ2) is 22.5. The molecule has 0 atom stereocenters. The molecule has 3 heteroatoms. The van der Waals surface area contributed by atoms with Crippen LogP contribution >= 0.6 is 0 Å². The Hall–Kier alpha value is -0.860. The first-order chi connectivity index (χ1) is 5.89. The molecule has 1 heterocycles. The fraction of sp³-hybridized carbons (Fsp3) is 0.778. The van der Waals surface area contributed by atoms with Crippen molar-refractivity contribution in [1.82, 2.24) is 14.8 Å². The van der Waals surface area contributed by atoms with Gasteiger partial charge in [-0.3, -0.25) is 4.68 Å². The molecular formula is C9H23N3. The first-order valence-electron chi connectivity index (χ1n) is 4.68. The summed E-state index contributed by atoms with van der Waals surface area (Å²) in [4.78, 5) is 3.67. The van der Waals surface area contributed by atoms with E-state index < -0.39 is 0 Å². The monoisotopic (exact) mass is 173 g/mol. The first kappa shape index (κ1) is 17.3. The van der Waals surface area contributed by atoms with E-state index in [1.165, 1.54) is 6.33 Å². The summed E-state index contributed by atoms with van der Waals surface area (Å²) in [7, 11) is 1.83. The third kappa shape index (κ3) is 16.1. The zero-order chi connectivity index (χ0) is 10.4. The van der Waals surface area contributed by atoms with Crippen LogP contribution in [0.1, 0.15) is 41.5 Å². The Bertz CT molecular complexity index is 113. The van der Waals surface area contributed by atoms with Crippen LogP contribution in [0.15, 0.2) is 12.7 Å². The predicted octanol–water partition coefficient (Wildman–Crippen LogP) is 2.89. The SMILES string of the molecule is CC.CC.CC.Cn1cncn1. The van der Waals surface area contributed by atoms with Gasteiger partial charge in [-0.2, -0.15) is 5.10 Å². The van der Waals surface area contributed by atoms with Gasteiger partial charge in [0.05, 0.1) is 0 Å². The Kier molecular flexibility index (Phi) is 32.4. The molecule has 0 N–H and O–H groups in total. The van der Waals surface area contributed by atoms with Gasteiger partial charge in [0.1, 0.15) is 12.7 Å². The normalized spacial score (nSPS) is 5.92. The maximum Gasteiger partial charge on any atom is 0.137 e. The number of nitrogens with zero attached hydrogens (tertiary/aromatic N) is 3. The maximum atomic E-state index is 3.72. The summed E-state index contributed by atoms with van der Waals surface area (Å²) in [5.41, 5.74) is 0. The number of rotatable bonds is 0. The van der Waals surface area contributed by atoms with Gasteiger partial charge in [0.2, 0.25) is 0 Å². The Morgan fingerprint density at radius 1 is 0.917 bits per heavy atom. The highest BCUT2D eigenvalue weighted by atomic mass is 15.3. The molecule has 3 nitrogen and oxygen atoms in total. The van der Waals surface area contributed by atoms with E-state index >= 15 is 0 Å². The van der Waals surface area contributed by atoms with Gasteiger partial charge in [0, 0.05) is 7.05 Å². The third-order valence-corrected chi connectivity index (χ3v) is 0.534. The van der Waals surface area contributed by atoms with Crippen molar-refractivity contribution in [3.8, 4) is 0 Å². The minimum absolute atomic E-state index is 1.50. The van der Waals surface area contributed by atoms with Gasteiger partial charge in [-0.15, -0.1) is 0 Å². The number of hydrogen-bond donors (Lipinski definition) is 0. The lowest BCUT2D eigenvalue weighted by Crippen LogP contribution is -1.83. The van der Waals surface area contributed by atoms with Crippen molar-refractivity contribution >= 4 is 0 Å². The molecule has 0 radical (unpaired) electrons. The van der Waals surface area contributed by atoms with E-state index in [4.69, 9.17) is 0 Å². The molecule has 12 heavy (non-hydrogen) atoms. The van der Waals surface area contributed by atoms with E-state index in [2.05, 4.69) is 10.1 Å². The van der Waals surface area contributed by atoms with Gasteiger partial charge in [-0.1, -0.05) is 41.5 Å². The van der Waals surface area contributed by atoms with Crippen molar-refractivity contribution in [1.29, 1.82) is 0 Å². The minimum Gasteiger partial charge on any atom is -0.256 e. The highest BCUT2D eigenvalue weighted by Crippen LogP contribution is 1.64. The summed E-state index contributed by atoms with van der Waals surface area (Å²) in [6.07, 6.45) is 3.14. The van der Waals surface area contributed by atoms with E-state index in [-0.39, 0.29) is 0 Å². The molecule has 0 unspecified atom stereocenters. The quantitative estimate of drug-likeness (QED) is 0.604. The van der Waals surface area contributed by atoms with Crippen molar-refractivity contribution in [2.45, 2.75) is 41.5 Å². The summed E-state index contributed by atoms with van der Waals surface area (Å²) >= 11 is 0. The van der Waals surface area contributed by atoms with Crippen LogP contribution < -0.4 is 0 Å². The molecule has 0 aliphatic heterocycles. The average Bonchev–Trinajstić information content (AvgIpc) is 2.66. The van der Waals surface area contributed by atoms with Crippen LogP contribution in [0.25, 0.3) is 0 Å². The molecule has 0 aromatic carbocycles. The van der Waals surface area contributed by atoms with Crippen LogP contribution in [0.4, 0.5) is 0 Å². The predicted molar refractivity (Wildman–Crippen MR) is 55.0 cm³/mol. The number of aryl methyl sites for hydroxylation is 1. The molecule has 0 aliphatic rings. The lowest BCUT2D eigenvalue weighted by atomic mass is 11.0. The smallest absolute Gasteiger partial charge is 0.137 e. The van der Waals surface area contributed by atoms with Crippen LogP contribution in [0.2, 0.25) is 0 Å². The Morgan fingerprint density at radius 3 is 1.42 bits per heavy atom. The van der Waals surface area contributed by atoms with Crippen LogP contribution in [0.3, 0.4) is 0 Å². The van der Waals surface area contributed by atoms with E-state index in [0.29, 0.717) is 0 Å². The first-order valence-corrected chi connectivity index (χ1v) is 4.68. The Labute approximate surface area is 76.8 Å². The molecule has 74 valence electrons. The van der Waals surface area contributed by atoms with Crippen molar-refractivity contribution in [3.63, 3.8) is 0 Å². The third-order valence-electron chi connectivity index (χ3n) is 0.534. The molecule has 0 saturated carbocycles. The zero-order valence-corrected chi connectivity index (χ0v) is 9.50. The van der Waals surface area contributed by atoms with Crippen molar-refractivity contribution in [2.24, 2.45) is 7.05 Å². The van der Waals surface area contributed by atoms with Gasteiger partial charge in [-0.05, 0) is 0 Å². The van der Waals surface area contributed by atoms with Gasteiger partial charge in [0.25, 0.3) is 0 Å².